The first-order valence-electron chi connectivity index (χ1n) is 44.7. The Bertz CT molecular complexity index is 3100. The maximum absolute atomic E-state index is 11.3. The molecule has 0 bridgehead atoms. The van der Waals surface area contributed by atoms with Crippen molar-refractivity contribution in [3.63, 3.8) is 0 Å². The molecule has 8 atom stereocenters. The fourth-order valence-electron chi connectivity index (χ4n) is 11.1. The van der Waals surface area contributed by atoms with E-state index in [9.17, 15) is 128 Å². The van der Waals surface area contributed by atoms with E-state index >= 15 is 0 Å². The van der Waals surface area contributed by atoms with Gasteiger partial charge < -0.3 is 270 Å². The summed E-state index contributed by atoms with van der Waals surface area (Å²) in [5, 5.41) is 39.6. The molecule has 0 aliphatic rings. The van der Waals surface area contributed by atoms with Crippen molar-refractivity contribution < 1.29 is 408 Å². The Morgan fingerprint density at radius 1 is 0.170 bits per heavy atom. The maximum Gasteiger partial charge on any atom is 1.00 e. The molecular formula is C63H168N21Na7O42P14. The van der Waals surface area contributed by atoms with E-state index in [1.165, 1.54) is 0 Å². The van der Waals surface area contributed by atoms with Crippen LogP contribution >= 0.6 is 106 Å². The van der Waals surface area contributed by atoms with E-state index in [1.807, 2.05) is 0 Å². The van der Waals surface area contributed by atoms with Gasteiger partial charge >= 0.3 is 283 Å². The zero-order valence-electron chi connectivity index (χ0n) is 85.9. The number of unbranched alkanes of at least 4 members (excludes halogenated alkanes) is 7. The number of nitrogens with one attached hydrogen (secondary N) is 14. The van der Waals surface area contributed by atoms with Crippen LogP contribution in [-0.2, 0) is 63.9 Å². The summed E-state index contributed by atoms with van der Waals surface area (Å²) in [5.41, 5.74) is 36.9. The molecule has 0 aliphatic heterocycles. The van der Waals surface area contributed by atoms with E-state index in [0.717, 1.165) is 0 Å². The van der Waals surface area contributed by atoms with Gasteiger partial charge in [0.05, 0.1) is 5.78 Å². The van der Waals surface area contributed by atoms with Gasteiger partial charge in [-0.25, -0.2) is 0 Å². The zero-order valence-corrected chi connectivity index (χ0v) is 112. The van der Waals surface area contributed by atoms with Crippen LogP contribution in [0.1, 0.15) is 135 Å². The average molecular weight is 2490 g/mol. The summed E-state index contributed by atoms with van der Waals surface area (Å²) >= 11 is 0. The Hall–Kier alpha value is 8.26. The third-order valence-electron chi connectivity index (χ3n) is 18.0. The molecular weight excluding hydrogens is 2320 g/mol. The van der Waals surface area contributed by atoms with Gasteiger partial charge in [-0.3, -0.25) is 45.7 Å². The van der Waals surface area contributed by atoms with Crippen molar-refractivity contribution in [1.82, 2.24) is 74.4 Å². The molecule has 0 radical (unpaired) electrons. The van der Waals surface area contributed by atoms with Gasteiger partial charge in [0, 0.05) is 244 Å². The van der Waals surface area contributed by atoms with Crippen LogP contribution in [0.5, 0.6) is 0 Å². The summed E-state index contributed by atoms with van der Waals surface area (Å²) in [6, 6.07) is 0. The van der Waals surface area contributed by atoms with Crippen LogP contribution in [0.15, 0.2) is 0 Å². The third kappa shape index (κ3) is 148. The third-order valence-corrected chi connectivity index (χ3v) is 32.9. The van der Waals surface area contributed by atoms with Crippen molar-refractivity contribution in [2.45, 2.75) is 175 Å². The van der Waals surface area contributed by atoms with E-state index in [4.69, 9.17) is 114 Å². The molecule has 63 nitrogen and oxygen atoms in total. The van der Waals surface area contributed by atoms with Gasteiger partial charge in [0.15, 0.2) is 0 Å². The summed E-state index contributed by atoms with van der Waals surface area (Å²) in [5.74, 6) is -7.69. The SMILES string of the molecule is NCCNCCNC(CCCCP(=O)(O)O)P(=O)(O)O.NCCNCCNC(CCCCP(=O)(O)O)P(=O)(O)O.NCCNCCNC(CCCCP(=O)(O)O)P(=O)(O)O.NCCNCCNC(CCCCP(=O)(O)O)P(=O)([O-])O.NCCNCCNC(CCCCP(=O)(O)O)P(=O)([O-])[O-].NCCNCCNC(CCCCP(=O)(O)O)P(=O)([O-])[O-].NCCNCCNC(CCCCP(=O)(O)O)P(=O)([O-])[O-].[Na+].[Na+].[Na+].[Na+].[Na+].[Na+].[Na+]. The van der Waals surface area contributed by atoms with Crippen LogP contribution in [-0.4, -0.2) is 370 Å². The molecule has 0 saturated carbocycles. The molecule has 0 heterocycles. The second kappa shape index (κ2) is 108. The fraction of sp³-hybridized carbons (Fsp3) is 1.00. The van der Waals surface area contributed by atoms with Crippen LogP contribution in [0.4, 0.5) is 0 Å². The minimum Gasteiger partial charge on any atom is -0.810 e. The Morgan fingerprint density at radius 2 is 0.286 bits per heavy atom. The molecule has 0 fully saturated rings. The Kier molecular flexibility index (Phi) is 136. The largest absolute Gasteiger partial charge is 1.00 e. The van der Waals surface area contributed by atoms with E-state index in [1.54, 1.807) is 0 Å². The number of nitrogens with two attached hydrogens (primary N) is 7. The smallest absolute Gasteiger partial charge is 0.810 e. The Labute approximate surface area is 1020 Å². The van der Waals surface area contributed by atoms with Crippen molar-refractivity contribution in [2.24, 2.45) is 40.1 Å². The van der Waals surface area contributed by atoms with Gasteiger partial charge in [0.2, 0.25) is 0 Å². The van der Waals surface area contributed by atoms with Crippen molar-refractivity contribution >= 4 is 106 Å². The van der Waals surface area contributed by atoms with Gasteiger partial charge in [-0.05, 0) is 89.9 Å². The Morgan fingerprint density at radius 3 is 0.395 bits per heavy atom. The van der Waals surface area contributed by atoms with Crippen LogP contribution in [0, 0.1) is 0 Å². The van der Waals surface area contributed by atoms with E-state index in [0.29, 0.717) is 209 Å². The maximum atomic E-state index is 11.3. The minimum atomic E-state index is -4.77. The molecule has 0 rings (SSSR count). The van der Waals surface area contributed by atoms with E-state index in [-0.39, 0.29) is 359 Å². The number of hydrogen-bond donors (Lipinski definition) is 42. The van der Waals surface area contributed by atoms with Crippen LogP contribution in [0.3, 0.4) is 0 Å². The fourth-order valence-corrected chi connectivity index (χ4v) is 21.7. The Balaban J connectivity index is -0.000000116. The van der Waals surface area contributed by atoms with Gasteiger partial charge in [0.1, 0.15) is 24.9 Å². The van der Waals surface area contributed by atoms with E-state index in [2.05, 4.69) is 74.4 Å². The minimum absolute atomic E-state index is 0. The molecule has 0 aromatic heterocycles. The molecule has 84 heteroatoms. The van der Waals surface area contributed by atoms with Gasteiger partial charge in [-0.1, -0.05) is 67.7 Å². The molecule has 49 N–H and O–H groups in total. The first-order chi connectivity index (χ1) is 64.2. The summed E-state index contributed by atoms with van der Waals surface area (Å²) in [6.45, 7) is 13.6. The predicted octanol–water partition coefficient (Wildman–Crippen LogP) is -32.6. The summed E-state index contributed by atoms with van der Waals surface area (Å²) in [7, 11) is -60.0. The zero-order chi connectivity index (χ0) is 110. The van der Waals surface area contributed by atoms with Gasteiger partial charge in [0.25, 0.3) is 0 Å². The second-order valence-electron chi connectivity index (χ2n) is 31.2. The first-order valence-corrected chi connectivity index (χ1v) is 68.8. The molecule has 0 aromatic carbocycles. The number of hydrogen-bond acceptors (Lipinski definition) is 42. The topological polar surface area (TPSA) is 1180 Å². The van der Waals surface area contributed by atoms with Crippen molar-refractivity contribution in [3.05, 3.63) is 0 Å². The molecule has 0 amide bonds. The molecule has 0 aliphatic carbocycles. The molecule has 854 valence electrons. The molecule has 0 aromatic rings. The average Bonchev–Trinajstić information content (AvgIpc) is 0.916. The van der Waals surface area contributed by atoms with Crippen molar-refractivity contribution in [2.75, 3.05) is 226 Å². The van der Waals surface area contributed by atoms with E-state index < -0.39 is 147 Å². The molecule has 8 unspecified atom stereocenters. The van der Waals surface area contributed by atoms with Crippen molar-refractivity contribution in [3.8, 4) is 0 Å². The van der Waals surface area contributed by atoms with Crippen LogP contribution < -0.4 is 356 Å². The summed E-state index contributed by atoms with van der Waals surface area (Å²) in [6.07, 6.45) is 2.24. The van der Waals surface area contributed by atoms with Gasteiger partial charge in [-0.15, -0.1) is 0 Å². The normalized spacial score (nSPS) is 14.1. The molecule has 147 heavy (non-hydrogen) atoms. The van der Waals surface area contributed by atoms with Crippen molar-refractivity contribution in [1.29, 1.82) is 0 Å². The second-order valence-corrected chi connectivity index (χ2v) is 55.9. The molecule has 0 spiro atoms. The predicted molar refractivity (Wildman–Crippen MR) is 520 cm³/mol. The summed E-state index contributed by atoms with van der Waals surface area (Å²) < 4.78 is 153. The van der Waals surface area contributed by atoms with Gasteiger partial charge in [-0.2, -0.15) is 0 Å². The number of rotatable bonds is 84. The first kappa shape index (κ1) is 185. The standard InChI is InChI=1S/7C9H25N3O6P2.7Na/c7*10-4-5-11-6-7-12-9(20(16,17)18)3-1-2-8-19(13,14)15;;;;;;;/h7*9,11-12H,1-8,10H2,(H2,13,14,15)(H2,16,17,18);;;;;;;/q;;;;;;;7*+1/p-7. The van der Waals surface area contributed by atoms with Crippen LogP contribution in [0.2, 0.25) is 0 Å². The monoisotopic (exact) mass is 2490 g/mol. The van der Waals surface area contributed by atoms with Crippen LogP contribution in [0.25, 0.3) is 0 Å². The summed E-state index contributed by atoms with van der Waals surface area (Å²) in [4.78, 5) is 263. The molecule has 0 saturated heterocycles. The quantitative estimate of drug-likeness (QED) is 0.0153.